The van der Waals surface area contributed by atoms with Gasteiger partial charge < -0.3 is 23.9 Å². The Morgan fingerprint density at radius 1 is 1.34 bits per heavy atom. The molecule has 2 aliphatic rings. The number of benzene rings is 1. The van der Waals surface area contributed by atoms with Gasteiger partial charge >= 0.3 is 6.09 Å². The minimum atomic E-state index is -0.251. The van der Waals surface area contributed by atoms with Gasteiger partial charge in [0.05, 0.1) is 0 Å². The minimum absolute atomic E-state index is 0.129. The zero-order valence-electron chi connectivity index (χ0n) is 19.3. The molecule has 2 heterocycles. The maximum atomic E-state index is 12.3. The number of aldehydes is 1. The third-order valence-electron chi connectivity index (χ3n) is 6.63. The average molecular weight is 441 g/mol. The quantitative estimate of drug-likeness (QED) is 0.596. The maximum absolute atomic E-state index is 12.3. The Hall–Kier alpha value is -2.90. The van der Waals surface area contributed by atoms with Crippen LogP contribution < -0.4 is 4.90 Å². The average Bonchev–Trinajstić information content (AvgIpc) is 3.30. The normalized spacial score (nSPS) is 18.0. The second-order valence-electron chi connectivity index (χ2n) is 9.45. The molecule has 0 spiro atoms. The van der Waals surface area contributed by atoms with E-state index in [2.05, 4.69) is 28.9 Å². The van der Waals surface area contributed by atoms with Crippen LogP contribution in [0, 0.1) is 0 Å². The highest BCUT2D eigenvalue weighted by Crippen LogP contribution is 2.39. The van der Waals surface area contributed by atoms with E-state index in [1.54, 1.807) is 4.90 Å². The second-order valence-corrected chi connectivity index (χ2v) is 9.45. The van der Waals surface area contributed by atoms with Crippen molar-refractivity contribution in [1.82, 2.24) is 15.0 Å². The highest BCUT2D eigenvalue weighted by atomic mass is 16.6. The van der Waals surface area contributed by atoms with Crippen LogP contribution in [0.15, 0.2) is 22.7 Å². The van der Waals surface area contributed by atoms with Crippen LogP contribution in [0.25, 0.3) is 11.4 Å². The Morgan fingerprint density at radius 2 is 2.06 bits per heavy atom. The van der Waals surface area contributed by atoms with Crippen molar-refractivity contribution in [3.63, 3.8) is 0 Å². The first-order valence-electron chi connectivity index (χ1n) is 11.4. The number of carbonyl (C=O) groups is 2. The van der Waals surface area contributed by atoms with Crippen LogP contribution in [-0.2, 0) is 16.0 Å². The summed E-state index contributed by atoms with van der Waals surface area (Å²) in [5, 5.41) is 4.21. The number of aromatic nitrogens is 2. The molecule has 1 aliphatic carbocycles. The number of rotatable bonds is 7. The summed E-state index contributed by atoms with van der Waals surface area (Å²) in [5.41, 5.74) is 2.57. The summed E-state index contributed by atoms with van der Waals surface area (Å²) < 4.78 is 11.2. The number of likely N-dealkylation sites (tertiary alicyclic amines) is 1. The molecule has 1 aliphatic heterocycles. The predicted octanol–water partition coefficient (Wildman–Crippen LogP) is 4.19. The van der Waals surface area contributed by atoms with Crippen molar-refractivity contribution < 1.29 is 18.8 Å². The Kier molecular flexibility index (Phi) is 6.22. The molecule has 32 heavy (non-hydrogen) atoms. The van der Waals surface area contributed by atoms with Gasteiger partial charge in [-0.25, -0.2) is 4.79 Å². The monoisotopic (exact) mass is 440 g/mol. The van der Waals surface area contributed by atoms with Gasteiger partial charge in [0.15, 0.2) is 0 Å². The third-order valence-corrected chi connectivity index (χ3v) is 6.63. The van der Waals surface area contributed by atoms with Gasteiger partial charge in [-0.2, -0.15) is 4.98 Å². The van der Waals surface area contributed by atoms with E-state index >= 15 is 0 Å². The molecule has 0 unspecified atom stereocenters. The van der Waals surface area contributed by atoms with Gasteiger partial charge in [0.2, 0.25) is 11.7 Å². The molecule has 8 heteroatoms. The molecule has 1 aromatic heterocycles. The Balaban J connectivity index is 1.44. The molecular weight excluding hydrogens is 408 g/mol. The second kappa shape index (κ2) is 8.92. The molecule has 172 valence electrons. The van der Waals surface area contributed by atoms with E-state index in [4.69, 9.17) is 9.26 Å². The van der Waals surface area contributed by atoms with Gasteiger partial charge in [0.25, 0.3) is 0 Å². The van der Waals surface area contributed by atoms with Crippen LogP contribution in [-0.4, -0.2) is 59.2 Å². The predicted molar refractivity (Wildman–Crippen MR) is 121 cm³/mol. The topological polar surface area (TPSA) is 88.8 Å². The number of carbonyl (C=O) groups excluding carboxylic acids is 2. The Labute approximate surface area is 188 Å². The van der Waals surface area contributed by atoms with Gasteiger partial charge in [-0.15, -0.1) is 0 Å². The van der Waals surface area contributed by atoms with Crippen molar-refractivity contribution in [2.24, 2.45) is 0 Å². The van der Waals surface area contributed by atoms with Crippen molar-refractivity contribution in [2.75, 3.05) is 25.0 Å². The number of anilines is 1. The van der Waals surface area contributed by atoms with E-state index < -0.39 is 0 Å². The minimum Gasteiger partial charge on any atom is -0.443 e. The molecule has 1 saturated carbocycles. The molecule has 1 aromatic carbocycles. The van der Waals surface area contributed by atoms with Crippen LogP contribution in [0.5, 0.6) is 0 Å². The van der Waals surface area contributed by atoms with Gasteiger partial charge in [-0.1, -0.05) is 17.3 Å². The lowest BCUT2D eigenvalue weighted by molar-refractivity contribution is -0.107. The summed E-state index contributed by atoms with van der Waals surface area (Å²) in [4.78, 5) is 32.0. The summed E-state index contributed by atoms with van der Waals surface area (Å²) in [6, 6.07) is 6.20. The zero-order valence-corrected chi connectivity index (χ0v) is 19.3. The Morgan fingerprint density at radius 3 is 2.69 bits per heavy atom. The van der Waals surface area contributed by atoms with Crippen molar-refractivity contribution in [3.05, 3.63) is 29.7 Å². The van der Waals surface area contributed by atoms with E-state index in [1.807, 2.05) is 32.2 Å². The first-order valence-corrected chi connectivity index (χ1v) is 11.4. The highest BCUT2D eigenvalue weighted by molar-refractivity contribution is 5.70. The van der Waals surface area contributed by atoms with Gasteiger partial charge in [0.1, 0.15) is 11.9 Å². The molecule has 2 aromatic rings. The number of amides is 1. The first kappa shape index (κ1) is 22.3. The van der Waals surface area contributed by atoms with Crippen LogP contribution in [0.4, 0.5) is 10.5 Å². The number of nitrogens with zero attached hydrogens (tertiary/aromatic N) is 4. The molecule has 8 nitrogen and oxygen atoms in total. The fourth-order valence-electron chi connectivity index (χ4n) is 3.95. The maximum Gasteiger partial charge on any atom is 0.410 e. The summed E-state index contributed by atoms with van der Waals surface area (Å²) >= 11 is 0. The van der Waals surface area contributed by atoms with Gasteiger partial charge in [-0.3, -0.25) is 0 Å². The smallest absolute Gasteiger partial charge is 0.410 e. The van der Waals surface area contributed by atoms with Crippen LogP contribution in [0.2, 0.25) is 0 Å². The third kappa shape index (κ3) is 4.79. The van der Waals surface area contributed by atoms with Gasteiger partial charge in [0, 0.05) is 49.8 Å². The molecule has 4 rings (SSSR count). The lowest BCUT2D eigenvalue weighted by Crippen LogP contribution is -2.39. The number of hydrogen-bond acceptors (Lipinski definition) is 7. The Bertz CT molecular complexity index is 974. The first-order chi connectivity index (χ1) is 15.3. The molecule has 2 fully saturated rings. The molecule has 0 bridgehead atoms. The standard InChI is InChI=1S/C24H32N4O4/c1-16(2)27(4)20-15-19(6-5-17(20)9-14-29)21-25-22(32-26-21)18-7-12-28(13-8-18)23(30)31-24(3)10-11-24/h5-6,14-16,18H,7-13H2,1-4H3. The lowest BCUT2D eigenvalue weighted by Gasteiger charge is -2.30. The van der Waals surface area contributed by atoms with Crippen LogP contribution in [0.3, 0.4) is 0 Å². The van der Waals surface area contributed by atoms with Crippen molar-refractivity contribution in [1.29, 1.82) is 0 Å². The number of piperidine rings is 1. The largest absolute Gasteiger partial charge is 0.443 e. The van der Waals surface area contributed by atoms with E-state index in [9.17, 15) is 9.59 Å². The van der Waals surface area contributed by atoms with Crippen LogP contribution in [0.1, 0.15) is 63.8 Å². The van der Waals surface area contributed by atoms with E-state index in [1.165, 1.54) is 0 Å². The van der Waals surface area contributed by atoms with E-state index in [0.717, 1.165) is 48.8 Å². The summed E-state index contributed by atoms with van der Waals surface area (Å²) in [6.07, 6.45) is 4.51. The molecule has 1 amide bonds. The summed E-state index contributed by atoms with van der Waals surface area (Å²) in [6.45, 7) is 7.45. The van der Waals surface area contributed by atoms with Crippen molar-refractivity contribution in [2.45, 2.75) is 70.4 Å². The molecule has 0 N–H and O–H groups in total. The number of hydrogen-bond donors (Lipinski definition) is 0. The summed E-state index contributed by atoms with van der Waals surface area (Å²) in [5.74, 6) is 1.28. The molecular formula is C24H32N4O4. The van der Waals surface area contributed by atoms with Gasteiger partial charge in [-0.05, 0) is 58.1 Å². The fourth-order valence-corrected chi connectivity index (χ4v) is 3.95. The highest BCUT2D eigenvalue weighted by Gasteiger charge is 2.43. The van der Waals surface area contributed by atoms with E-state index in [-0.39, 0.29) is 23.7 Å². The van der Waals surface area contributed by atoms with Crippen molar-refractivity contribution in [3.8, 4) is 11.4 Å². The fraction of sp³-hybridized carbons (Fsp3) is 0.583. The van der Waals surface area contributed by atoms with Crippen molar-refractivity contribution >= 4 is 18.1 Å². The SMILES string of the molecule is CC(C)N(C)c1cc(-c2noc(C3CCN(C(=O)OC4(C)CC4)CC3)n2)ccc1CC=O. The van der Waals surface area contributed by atoms with E-state index in [0.29, 0.717) is 31.2 Å². The molecule has 0 atom stereocenters. The number of ether oxygens (including phenoxy) is 1. The molecule has 1 saturated heterocycles. The molecule has 0 radical (unpaired) electrons. The zero-order chi connectivity index (χ0) is 22.9. The van der Waals surface area contributed by atoms with Crippen LogP contribution >= 0.6 is 0 Å². The summed E-state index contributed by atoms with van der Waals surface area (Å²) in [7, 11) is 2.02. The lowest BCUT2D eigenvalue weighted by atomic mass is 9.97.